The number of fused-ring (bicyclic) bond motifs is 1. The molecule has 1 aliphatic carbocycles. The van der Waals surface area contributed by atoms with Crippen LogP contribution in [0.4, 0.5) is 0 Å². The Labute approximate surface area is 122 Å². The van der Waals surface area contributed by atoms with Crippen molar-refractivity contribution >= 4 is 22.0 Å². The Kier molecular flexibility index (Phi) is 3.54. The summed E-state index contributed by atoms with van der Waals surface area (Å²) in [7, 11) is 0. The van der Waals surface area contributed by atoms with Gasteiger partial charge in [0.15, 0.2) is 4.51 Å². The predicted molar refractivity (Wildman–Crippen MR) is 81.9 cm³/mol. The van der Waals surface area contributed by atoms with Gasteiger partial charge in [-0.1, -0.05) is 66.7 Å². The van der Waals surface area contributed by atoms with Gasteiger partial charge in [0.05, 0.1) is 6.61 Å². The highest BCUT2D eigenvalue weighted by molar-refractivity contribution is 9.09. The first-order valence-corrected chi connectivity index (χ1v) is 7.20. The third kappa shape index (κ3) is 2.65. The highest BCUT2D eigenvalue weighted by atomic mass is 79.9. The Morgan fingerprint density at radius 2 is 1.74 bits per heavy atom. The van der Waals surface area contributed by atoms with Crippen molar-refractivity contribution in [2.24, 2.45) is 0 Å². The molecule has 0 fully saturated rings. The predicted octanol–water partition coefficient (Wildman–Crippen LogP) is 4.87. The third-order valence-corrected chi connectivity index (χ3v) is 4.33. The van der Waals surface area contributed by atoms with E-state index in [0.717, 1.165) is 6.42 Å². The van der Waals surface area contributed by atoms with Crippen LogP contribution < -0.4 is 0 Å². The van der Waals surface area contributed by atoms with E-state index in [2.05, 4.69) is 64.5 Å². The molecule has 0 amide bonds. The lowest BCUT2D eigenvalue weighted by molar-refractivity contribution is 0.0172. The Morgan fingerprint density at radius 1 is 1.00 bits per heavy atom. The minimum atomic E-state index is -0.409. The van der Waals surface area contributed by atoms with Crippen molar-refractivity contribution in [1.82, 2.24) is 0 Å². The van der Waals surface area contributed by atoms with E-state index in [1.165, 1.54) is 16.7 Å². The number of ether oxygens (including phenoxy) is 1. The molecule has 19 heavy (non-hydrogen) atoms. The summed E-state index contributed by atoms with van der Waals surface area (Å²) in [6.07, 6.45) is 5.15. The second-order valence-electron chi connectivity index (χ2n) is 4.70. The van der Waals surface area contributed by atoms with Crippen molar-refractivity contribution in [3.05, 3.63) is 77.4 Å². The molecule has 2 aromatic carbocycles. The zero-order chi connectivity index (χ0) is 13.1. The molecule has 1 nitrogen and oxygen atoms in total. The molecule has 0 aromatic heterocycles. The molecule has 96 valence electrons. The van der Waals surface area contributed by atoms with Crippen molar-refractivity contribution in [1.29, 1.82) is 0 Å². The molecule has 0 bridgehead atoms. The first-order valence-electron chi connectivity index (χ1n) is 6.41. The van der Waals surface area contributed by atoms with Gasteiger partial charge in [-0.2, -0.15) is 0 Å². The van der Waals surface area contributed by atoms with Gasteiger partial charge in [-0.3, -0.25) is 0 Å². The van der Waals surface area contributed by atoms with Crippen molar-refractivity contribution in [2.45, 2.75) is 17.5 Å². The minimum absolute atomic E-state index is 0.409. The van der Waals surface area contributed by atoms with Gasteiger partial charge in [-0.15, -0.1) is 0 Å². The SMILES string of the molecule is BrC1(OCc2ccccc2)CC=Cc2ccccc21. The number of benzene rings is 2. The summed E-state index contributed by atoms with van der Waals surface area (Å²) in [5.74, 6) is 0. The first-order chi connectivity index (χ1) is 9.28. The van der Waals surface area contributed by atoms with Gasteiger partial charge >= 0.3 is 0 Å². The van der Waals surface area contributed by atoms with Crippen LogP contribution in [0.5, 0.6) is 0 Å². The van der Waals surface area contributed by atoms with Gasteiger partial charge in [0.25, 0.3) is 0 Å². The molecule has 0 N–H and O–H groups in total. The van der Waals surface area contributed by atoms with Gasteiger partial charge in [-0.25, -0.2) is 0 Å². The van der Waals surface area contributed by atoms with Crippen LogP contribution in [0.1, 0.15) is 23.1 Å². The fraction of sp³-hybridized carbons (Fsp3) is 0.176. The Bertz CT molecular complexity index is 591. The standard InChI is InChI=1S/C17H15BrO/c18-17(19-13-14-7-2-1-3-8-14)12-6-10-15-9-4-5-11-16(15)17/h1-11H,12-13H2. The molecule has 0 saturated heterocycles. The van der Waals surface area contributed by atoms with Gasteiger partial charge in [0.2, 0.25) is 0 Å². The molecule has 0 spiro atoms. The van der Waals surface area contributed by atoms with E-state index in [1.54, 1.807) is 0 Å². The summed E-state index contributed by atoms with van der Waals surface area (Å²) in [6, 6.07) is 18.6. The summed E-state index contributed by atoms with van der Waals surface area (Å²) in [4.78, 5) is 0. The largest absolute Gasteiger partial charge is 0.354 e. The monoisotopic (exact) mass is 314 g/mol. The minimum Gasteiger partial charge on any atom is -0.354 e. The quantitative estimate of drug-likeness (QED) is 0.734. The average molecular weight is 315 g/mol. The zero-order valence-corrected chi connectivity index (χ0v) is 12.1. The van der Waals surface area contributed by atoms with E-state index in [-0.39, 0.29) is 0 Å². The lowest BCUT2D eigenvalue weighted by Gasteiger charge is -2.31. The van der Waals surface area contributed by atoms with Crippen LogP contribution in [0, 0.1) is 0 Å². The maximum atomic E-state index is 6.15. The summed E-state index contributed by atoms with van der Waals surface area (Å²) in [5.41, 5.74) is 3.61. The van der Waals surface area contributed by atoms with Crippen LogP contribution in [0.3, 0.4) is 0 Å². The van der Waals surface area contributed by atoms with Crippen LogP contribution in [0.15, 0.2) is 60.7 Å². The molecular weight excluding hydrogens is 300 g/mol. The van der Waals surface area contributed by atoms with E-state index in [9.17, 15) is 0 Å². The summed E-state index contributed by atoms with van der Waals surface area (Å²) >= 11 is 3.78. The highest BCUT2D eigenvalue weighted by Gasteiger charge is 2.32. The van der Waals surface area contributed by atoms with Crippen molar-refractivity contribution in [3.8, 4) is 0 Å². The Balaban J connectivity index is 1.82. The topological polar surface area (TPSA) is 9.23 Å². The molecule has 3 rings (SSSR count). The van der Waals surface area contributed by atoms with E-state index < -0.39 is 4.51 Å². The van der Waals surface area contributed by atoms with E-state index in [4.69, 9.17) is 4.74 Å². The summed E-state index contributed by atoms with van der Waals surface area (Å²) in [5, 5.41) is 0. The highest BCUT2D eigenvalue weighted by Crippen LogP contribution is 2.42. The first kappa shape index (κ1) is 12.6. The molecule has 0 aliphatic heterocycles. The second kappa shape index (κ2) is 5.32. The van der Waals surface area contributed by atoms with Gasteiger partial charge in [-0.05, 0) is 27.1 Å². The van der Waals surface area contributed by atoms with E-state index in [0.29, 0.717) is 6.61 Å². The molecule has 2 heteroatoms. The second-order valence-corrected chi connectivity index (χ2v) is 5.98. The van der Waals surface area contributed by atoms with Crippen molar-refractivity contribution in [2.75, 3.05) is 0 Å². The normalized spacial score (nSPS) is 21.1. The van der Waals surface area contributed by atoms with Gasteiger partial charge < -0.3 is 4.74 Å². The lowest BCUT2D eigenvalue weighted by Crippen LogP contribution is -2.24. The smallest absolute Gasteiger partial charge is 0.152 e. The Hall–Kier alpha value is -1.38. The van der Waals surface area contributed by atoms with Crippen LogP contribution in [-0.4, -0.2) is 0 Å². The maximum Gasteiger partial charge on any atom is 0.152 e. The molecule has 1 aliphatic rings. The van der Waals surface area contributed by atoms with Crippen molar-refractivity contribution < 1.29 is 4.74 Å². The van der Waals surface area contributed by atoms with Crippen LogP contribution in [0.2, 0.25) is 0 Å². The molecule has 1 unspecified atom stereocenters. The zero-order valence-electron chi connectivity index (χ0n) is 10.6. The number of alkyl halides is 1. The van der Waals surface area contributed by atoms with Gasteiger partial charge in [0, 0.05) is 12.0 Å². The maximum absolute atomic E-state index is 6.15. The number of halogens is 1. The molecule has 0 saturated carbocycles. The average Bonchev–Trinajstić information content (AvgIpc) is 2.47. The van der Waals surface area contributed by atoms with Crippen LogP contribution in [-0.2, 0) is 15.9 Å². The number of hydrogen-bond donors (Lipinski definition) is 0. The molecule has 2 aromatic rings. The van der Waals surface area contributed by atoms with Gasteiger partial charge in [0.1, 0.15) is 0 Å². The lowest BCUT2D eigenvalue weighted by atomic mass is 9.94. The fourth-order valence-corrected chi connectivity index (χ4v) is 3.00. The van der Waals surface area contributed by atoms with Crippen LogP contribution >= 0.6 is 15.9 Å². The van der Waals surface area contributed by atoms with Crippen molar-refractivity contribution in [3.63, 3.8) is 0 Å². The fourth-order valence-electron chi connectivity index (χ4n) is 2.34. The van der Waals surface area contributed by atoms with E-state index in [1.807, 2.05) is 18.2 Å². The summed E-state index contributed by atoms with van der Waals surface area (Å²) < 4.78 is 5.74. The molecule has 0 radical (unpaired) electrons. The number of rotatable bonds is 3. The van der Waals surface area contributed by atoms with Crippen LogP contribution in [0.25, 0.3) is 6.08 Å². The molecular formula is C17H15BrO. The molecule has 0 heterocycles. The Morgan fingerprint density at radius 3 is 2.58 bits per heavy atom. The number of hydrogen-bond acceptors (Lipinski definition) is 1. The third-order valence-electron chi connectivity index (χ3n) is 3.35. The summed E-state index contributed by atoms with van der Waals surface area (Å²) in [6.45, 7) is 0.605. The molecule has 1 atom stereocenters. The van der Waals surface area contributed by atoms with E-state index >= 15 is 0 Å².